The van der Waals surface area contributed by atoms with E-state index in [9.17, 15) is 5.11 Å². The molecule has 0 saturated heterocycles. The Kier molecular flexibility index (Phi) is 6.86. The highest BCUT2D eigenvalue weighted by molar-refractivity contribution is 5.63. The van der Waals surface area contributed by atoms with Gasteiger partial charge in [0.2, 0.25) is 0 Å². The predicted octanol–water partition coefficient (Wildman–Crippen LogP) is 6.17. The van der Waals surface area contributed by atoms with Crippen molar-refractivity contribution in [3.8, 4) is 5.75 Å². The zero-order chi connectivity index (χ0) is 21.3. The summed E-state index contributed by atoms with van der Waals surface area (Å²) in [5, 5.41) is 18.0. The van der Waals surface area contributed by atoms with Crippen LogP contribution < -0.4 is 0 Å². The van der Waals surface area contributed by atoms with Crippen molar-refractivity contribution >= 4 is 5.97 Å². The van der Waals surface area contributed by atoms with Crippen LogP contribution in [0.1, 0.15) is 103 Å². The predicted molar refractivity (Wildman–Crippen MR) is 113 cm³/mol. The van der Waals surface area contributed by atoms with E-state index in [0.717, 1.165) is 25.5 Å². The molecule has 3 rings (SSSR count). The molecule has 1 saturated carbocycles. The first-order valence-corrected chi connectivity index (χ1v) is 10.6. The number of aromatic hydroxyl groups is 1. The first-order chi connectivity index (χ1) is 13.0. The summed E-state index contributed by atoms with van der Waals surface area (Å²) in [6, 6.07) is 4.11. The molecule has 0 aliphatic heterocycles. The van der Waals surface area contributed by atoms with E-state index >= 15 is 0 Å². The Balaban J connectivity index is 0.000000640. The first-order valence-electron chi connectivity index (χ1n) is 10.6. The highest BCUT2D eigenvalue weighted by Crippen LogP contribution is 2.61. The number of fused-ring (bicyclic) bond motifs is 3. The smallest absolute Gasteiger partial charge is 0.300 e. The molecule has 4 nitrogen and oxygen atoms in total. The van der Waals surface area contributed by atoms with Gasteiger partial charge in [-0.15, -0.1) is 0 Å². The second-order valence-electron chi connectivity index (χ2n) is 9.63. The summed E-state index contributed by atoms with van der Waals surface area (Å²) in [5.41, 5.74) is 4.38. The fraction of sp³-hybridized carbons (Fsp3) is 0.708. The molecule has 2 aliphatic carbocycles. The van der Waals surface area contributed by atoms with Crippen molar-refractivity contribution in [3.63, 3.8) is 0 Å². The molecule has 0 amide bonds. The number of carbonyl (C=O) groups is 1. The van der Waals surface area contributed by atoms with Crippen LogP contribution in [0, 0.1) is 11.3 Å². The van der Waals surface area contributed by atoms with Gasteiger partial charge in [-0.2, -0.15) is 0 Å². The molecule has 2 aliphatic rings. The van der Waals surface area contributed by atoms with E-state index in [2.05, 4.69) is 47.6 Å². The lowest BCUT2D eigenvalue weighted by molar-refractivity contribution is -0.134. The first kappa shape index (κ1) is 22.7. The van der Waals surface area contributed by atoms with Gasteiger partial charge in [0.15, 0.2) is 0 Å². The summed E-state index contributed by atoms with van der Waals surface area (Å²) >= 11 is 0. The maximum atomic E-state index is 10.6. The molecular formula is C24H38O4. The highest BCUT2D eigenvalue weighted by Gasteiger charge is 2.52. The highest BCUT2D eigenvalue weighted by atomic mass is 16.5. The molecule has 2 N–H and O–H groups in total. The van der Waals surface area contributed by atoms with Gasteiger partial charge in [0.1, 0.15) is 5.75 Å². The van der Waals surface area contributed by atoms with E-state index in [-0.39, 0.29) is 11.5 Å². The van der Waals surface area contributed by atoms with Crippen LogP contribution in [0.3, 0.4) is 0 Å². The molecule has 1 fully saturated rings. The summed E-state index contributed by atoms with van der Waals surface area (Å²) < 4.78 is 6.23. The Labute approximate surface area is 170 Å². The molecule has 0 heterocycles. The molecule has 0 aromatic heterocycles. The molecule has 4 heteroatoms. The van der Waals surface area contributed by atoms with Crippen molar-refractivity contribution in [1.82, 2.24) is 0 Å². The van der Waals surface area contributed by atoms with Crippen molar-refractivity contribution in [2.45, 2.75) is 91.6 Å². The Morgan fingerprint density at radius 3 is 2.39 bits per heavy atom. The Morgan fingerprint density at radius 2 is 1.86 bits per heavy atom. The lowest BCUT2D eigenvalue weighted by atomic mass is 9.49. The number of phenols is 1. The van der Waals surface area contributed by atoms with Gasteiger partial charge in [-0.3, -0.25) is 4.79 Å². The van der Waals surface area contributed by atoms with Gasteiger partial charge < -0.3 is 14.9 Å². The molecule has 1 aromatic rings. The van der Waals surface area contributed by atoms with E-state index in [4.69, 9.17) is 14.6 Å². The molecule has 3 atom stereocenters. The summed E-state index contributed by atoms with van der Waals surface area (Å²) in [6.07, 6.45) is 5.03. The SMILES string of the molecule is CC(=O)O.CCOC1CC2C(C)(C)CCCC2(C)c2ccc(O)c(C(C)C)c21. The van der Waals surface area contributed by atoms with Crippen molar-refractivity contribution in [1.29, 1.82) is 0 Å². The van der Waals surface area contributed by atoms with E-state index < -0.39 is 5.97 Å². The average molecular weight is 391 g/mol. The van der Waals surface area contributed by atoms with E-state index in [1.165, 1.54) is 30.4 Å². The minimum atomic E-state index is -0.833. The third-order valence-corrected chi connectivity index (χ3v) is 6.83. The van der Waals surface area contributed by atoms with Gasteiger partial charge in [-0.05, 0) is 66.0 Å². The summed E-state index contributed by atoms with van der Waals surface area (Å²) in [7, 11) is 0. The minimum Gasteiger partial charge on any atom is -0.508 e. The number of benzene rings is 1. The second kappa shape index (κ2) is 8.44. The van der Waals surface area contributed by atoms with Crippen molar-refractivity contribution in [3.05, 3.63) is 28.8 Å². The minimum absolute atomic E-state index is 0.116. The fourth-order valence-electron chi connectivity index (χ4n) is 5.78. The van der Waals surface area contributed by atoms with Crippen LogP contribution >= 0.6 is 0 Å². The zero-order valence-electron chi connectivity index (χ0n) is 18.6. The Bertz CT molecular complexity index is 703. The van der Waals surface area contributed by atoms with Gasteiger partial charge in [0.25, 0.3) is 5.97 Å². The van der Waals surface area contributed by atoms with Gasteiger partial charge in [-0.25, -0.2) is 0 Å². The van der Waals surface area contributed by atoms with Crippen molar-refractivity contribution < 1.29 is 19.7 Å². The van der Waals surface area contributed by atoms with E-state index in [1.54, 1.807) is 0 Å². The van der Waals surface area contributed by atoms with Crippen LogP contribution in [0.4, 0.5) is 0 Å². The molecule has 158 valence electrons. The lowest BCUT2D eigenvalue weighted by Crippen LogP contribution is -2.49. The van der Waals surface area contributed by atoms with Crippen LogP contribution in [-0.4, -0.2) is 22.8 Å². The second-order valence-corrected chi connectivity index (χ2v) is 9.63. The van der Waals surface area contributed by atoms with Gasteiger partial charge in [0.05, 0.1) is 6.10 Å². The van der Waals surface area contributed by atoms with E-state index in [0.29, 0.717) is 23.0 Å². The van der Waals surface area contributed by atoms with Crippen LogP contribution in [0.15, 0.2) is 12.1 Å². The maximum absolute atomic E-state index is 10.6. The maximum Gasteiger partial charge on any atom is 0.300 e. The summed E-state index contributed by atoms with van der Waals surface area (Å²) in [6.45, 7) is 15.6. The number of carboxylic acid groups (broad SMARTS) is 1. The van der Waals surface area contributed by atoms with Crippen LogP contribution in [0.2, 0.25) is 0 Å². The lowest BCUT2D eigenvalue weighted by Gasteiger charge is -2.56. The Hall–Kier alpha value is -1.55. The molecule has 3 unspecified atom stereocenters. The summed E-state index contributed by atoms with van der Waals surface area (Å²) in [5.74, 6) is 0.539. The topological polar surface area (TPSA) is 66.8 Å². The van der Waals surface area contributed by atoms with Crippen LogP contribution in [0.25, 0.3) is 0 Å². The zero-order valence-corrected chi connectivity index (χ0v) is 18.6. The Morgan fingerprint density at radius 1 is 1.25 bits per heavy atom. The number of ether oxygens (including phenoxy) is 1. The number of hydrogen-bond donors (Lipinski definition) is 2. The van der Waals surface area contributed by atoms with Crippen LogP contribution in [0.5, 0.6) is 5.75 Å². The molecule has 1 aromatic carbocycles. The number of phenolic OH excluding ortho intramolecular Hbond substituents is 1. The summed E-state index contributed by atoms with van der Waals surface area (Å²) in [4.78, 5) is 9.00. The monoisotopic (exact) mass is 390 g/mol. The standard InChI is InChI=1S/C22H34O2.C2H4O2/c1-7-24-17-13-18-21(4,5)11-8-12-22(18,6)15-9-10-16(23)19(14(2)3)20(15)17;1-2(3)4/h9-10,14,17-18,23H,7-8,11-13H2,1-6H3;1H3,(H,3,4). The molecule has 28 heavy (non-hydrogen) atoms. The molecule has 0 bridgehead atoms. The van der Waals surface area contributed by atoms with Crippen molar-refractivity contribution in [2.24, 2.45) is 11.3 Å². The largest absolute Gasteiger partial charge is 0.508 e. The quantitative estimate of drug-likeness (QED) is 0.647. The van der Waals surface area contributed by atoms with Gasteiger partial charge >= 0.3 is 0 Å². The average Bonchev–Trinajstić information content (AvgIpc) is 2.55. The van der Waals surface area contributed by atoms with Crippen molar-refractivity contribution in [2.75, 3.05) is 6.61 Å². The third-order valence-electron chi connectivity index (χ3n) is 6.83. The number of hydrogen-bond acceptors (Lipinski definition) is 3. The van der Waals surface area contributed by atoms with Gasteiger partial charge in [0, 0.05) is 19.1 Å². The number of aliphatic carboxylic acids is 1. The van der Waals surface area contributed by atoms with Crippen LogP contribution in [-0.2, 0) is 14.9 Å². The molecule has 0 radical (unpaired) electrons. The molecule has 0 spiro atoms. The molecular weight excluding hydrogens is 352 g/mol. The van der Waals surface area contributed by atoms with Gasteiger partial charge in [-0.1, -0.05) is 47.1 Å². The van der Waals surface area contributed by atoms with E-state index in [1.807, 2.05) is 6.07 Å². The number of rotatable bonds is 3. The normalized spacial score (nSPS) is 28.0. The fourth-order valence-corrected chi connectivity index (χ4v) is 5.78. The number of carboxylic acids is 1. The third kappa shape index (κ3) is 4.22.